The minimum absolute atomic E-state index is 0.113. The lowest BCUT2D eigenvalue weighted by Gasteiger charge is -2.24. The van der Waals surface area contributed by atoms with Crippen LogP contribution in [0.1, 0.15) is 77.9 Å². The summed E-state index contributed by atoms with van der Waals surface area (Å²) in [5.74, 6) is 2.19. The fraction of sp³-hybridized carbons (Fsp3) is 0.867. The van der Waals surface area contributed by atoms with Crippen LogP contribution >= 0.6 is 0 Å². The third-order valence-corrected chi connectivity index (χ3v) is 4.32. The van der Waals surface area contributed by atoms with E-state index in [0.29, 0.717) is 11.7 Å². The van der Waals surface area contributed by atoms with Gasteiger partial charge in [-0.15, -0.1) is 0 Å². The van der Waals surface area contributed by atoms with Gasteiger partial charge in [0.25, 0.3) is 0 Å². The Kier molecular flexibility index (Phi) is 4.00. The van der Waals surface area contributed by atoms with Crippen LogP contribution < -0.4 is 5.73 Å². The summed E-state index contributed by atoms with van der Waals surface area (Å²) in [5, 5.41) is 4.16. The summed E-state index contributed by atoms with van der Waals surface area (Å²) in [5.41, 5.74) is 6.06. The van der Waals surface area contributed by atoms with E-state index in [1.54, 1.807) is 0 Å². The van der Waals surface area contributed by atoms with Crippen molar-refractivity contribution < 1.29 is 4.52 Å². The van der Waals surface area contributed by atoms with Crippen LogP contribution in [0.25, 0.3) is 0 Å². The van der Waals surface area contributed by atoms with Gasteiger partial charge in [-0.3, -0.25) is 0 Å². The maximum atomic E-state index is 6.57. The lowest BCUT2D eigenvalue weighted by Crippen LogP contribution is -2.37. The van der Waals surface area contributed by atoms with Crippen molar-refractivity contribution in [1.82, 2.24) is 10.1 Å². The van der Waals surface area contributed by atoms with Crippen LogP contribution in [-0.2, 0) is 11.0 Å². The van der Waals surface area contributed by atoms with E-state index in [2.05, 4.69) is 37.8 Å². The molecule has 0 bridgehead atoms. The molecule has 0 amide bonds. The number of hydrogen-bond acceptors (Lipinski definition) is 4. The average Bonchev–Trinajstić information content (AvgIpc) is 2.76. The Balaban J connectivity index is 2.17. The van der Waals surface area contributed by atoms with E-state index in [1.165, 1.54) is 19.3 Å². The molecular formula is C15H27N3O. The molecule has 1 aliphatic rings. The van der Waals surface area contributed by atoms with Gasteiger partial charge in [-0.25, -0.2) is 0 Å². The normalized spacial score (nSPS) is 29.2. The van der Waals surface area contributed by atoms with Crippen molar-refractivity contribution in [2.45, 2.75) is 77.2 Å². The highest BCUT2D eigenvalue weighted by molar-refractivity contribution is 5.08. The second-order valence-corrected chi connectivity index (χ2v) is 7.03. The van der Waals surface area contributed by atoms with Gasteiger partial charge in [0.2, 0.25) is 5.89 Å². The first-order valence-corrected chi connectivity index (χ1v) is 7.49. The van der Waals surface area contributed by atoms with Crippen LogP contribution in [-0.4, -0.2) is 10.1 Å². The molecule has 4 nitrogen and oxygen atoms in total. The summed E-state index contributed by atoms with van der Waals surface area (Å²) in [7, 11) is 0. The third-order valence-electron chi connectivity index (χ3n) is 4.32. The molecule has 2 rings (SSSR count). The molecule has 4 heteroatoms. The minimum atomic E-state index is -0.392. The van der Waals surface area contributed by atoms with Crippen molar-refractivity contribution >= 4 is 0 Å². The maximum Gasteiger partial charge on any atom is 0.232 e. The van der Waals surface area contributed by atoms with Gasteiger partial charge in [0.15, 0.2) is 5.82 Å². The molecule has 0 spiro atoms. The van der Waals surface area contributed by atoms with Crippen molar-refractivity contribution in [2.24, 2.45) is 11.7 Å². The molecule has 0 aromatic carbocycles. The van der Waals surface area contributed by atoms with E-state index >= 15 is 0 Å². The number of nitrogens with zero attached hydrogens (tertiary/aromatic N) is 2. The van der Waals surface area contributed by atoms with Gasteiger partial charge in [-0.05, 0) is 25.2 Å². The Morgan fingerprint density at radius 2 is 2.05 bits per heavy atom. The van der Waals surface area contributed by atoms with E-state index in [9.17, 15) is 0 Å². The van der Waals surface area contributed by atoms with Crippen LogP contribution in [0, 0.1) is 5.92 Å². The first kappa shape index (κ1) is 14.5. The molecular weight excluding hydrogens is 238 g/mol. The molecule has 2 unspecified atom stereocenters. The zero-order valence-corrected chi connectivity index (χ0v) is 12.7. The Bertz CT molecular complexity index is 421. The smallest absolute Gasteiger partial charge is 0.232 e. The van der Waals surface area contributed by atoms with Gasteiger partial charge in [-0.2, -0.15) is 4.98 Å². The number of hydrogen-bond donors (Lipinski definition) is 1. The van der Waals surface area contributed by atoms with E-state index in [1.807, 2.05) is 0 Å². The van der Waals surface area contributed by atoms with Gasteiger partial charge in [-0.1, -0.05) is 52.1 Å². The first-order chi connectivity index (χ1) is 8.85. The van der Waals surface area contributed by atoms with Crippen LogP contribution in [0.2, 0.25) is 0 Å². The predicted molar refractivity (Wildman–Crippen MR) is 75.7 cm³/mol. The molecule has 1 fully saturated rings. The van der Waals surface area contributed by atoms with E-state index < -0.39 is 5.54 Å². The van der Waals surface area contributed by atoms with Gasteiger partial charge in [0, 0.05) is 5.41 Å². The predicted octanol–water partition coefficient (Wildman–Crippen LogP) is 3.51. The quantitative estimate of drug-likeness (QED) is 0.831. The largest absolute Gasteiger partial charge is 0.339 e. The summed E-state index contributed by atoms with van der Waals surface area (Å²) in [6.07, 6.45) is 6.79. The van der Waals surface area contributed by atoms with Crippen LogP contribution in [0.3, 0.4) is 0 Å². The lowest BCUT2D eigenvalue weighted by atomic mass is 9.89. The second-order valence-electron chi connectivity index (χ2n) is 7.03. The zero-order valence-electron chi connectivity index (χ0n) is 12.7. The number of rotatable bonds is 2. The molecule has 19 heavy (non-hydrogen) atoms. The topological polar surface area (TPSA) is 64.9 Å². The molecule has 1 aliphatic carbocycles. The van der Waals surface area contributed by atoms with Gasteiger partial charge in [0.05, 0.1) is 5.54 Å². The first-order valence-electron chi connectivity index (χ1n) is 7.49. The van der Waals surface area contributed by atoms with Crippen LogP contribution in [0.5, 0.6) is 0 Å². The fourth-order valence-corrected chi connectivity index (χ4v) is 2.80. The highest BCUT2D eigenvalue weighted by Crippen LogP contribution is 2.36. The highest BCUT2D eigenvalue weighted by Gasteiger charge is 2.36. The van der Waals surface area contributed by atoms with Gasteiger partial charge >= 0.3 is 0 Å². The minimum Gasteiger partial charge on any atom is -0.339 e. The summed E-state index contributed by atoms with van der Waals surface area (Å²) in [6.45, 7) is 8.50. The Hall–Kier alpha value is -0.900. The third kappa shape index (κ3) is 3.16. The molecule has 2 atom stereocenters. The number of nitrogens with two attached hydrogens (primary N) is 1. The highest BCUT2D eigenvalue weighted by atomic mass is 16.5. The summed E-state index contributed by atoms with van der Waals surface area (Å²) >= 11 is 0. The Labute approximate surface area is 116 Å². The Morgan fingerprint density at radius 3 is 2.63 bits per heavy atom. The molecule has 0 radical (unpaired) electrons. The molecule has 0 aliphatic heterocycles. The van der Waals surface area contributed by atoms with Crippen molar-refractivity contribution in [3.63, 3.8) is 0 Å². The number of aromatic nitrogens is 2. The second kappa shape index (κ2) is 5.23. The molecule has 1 saturated carbocycles. The van der Waals surface area contributed by atoms with Crippen LogP contribution in [0.15, 0.2) is 4.52 Å². The van der Waals surface area contributed by atoms with Crippen molar-refractivity contribution in [2.75, 3.05) is 0 Å². The lowest BCUT2D eigenvalue weighted by molar-refractivity contribution is 0.299. The Morgan fingerprint density at radius 1 is 1.32 bits per heavy atom. The summed E-state index contributed by atoms with van der Waals surface area (Å²) < 4.78 is 5.40. The standard InChI is InChI=1S/C15H27N3O/c1-5-11-7-6-9-15(16,10-8-11)12-17-13(19-18-12)14(2,3)4/h11H,5-10,16H2,1-4H3. The van der Waals surface area contributed by atoms with E-state index in [-0.39, 0.29) is 5.41 Å². The summed E-state index contributed by atoms with van der Waals surface area (Å²) in [4.78, 5) is 4.57. The molecule has 0 saturated heterocycles. The molecule has 2 N–H and O–H groups in total. The maximum absolute atomic E-state index is 6.57. The fourth-order valence-electron chi connectivity index (χ4n) is 2.80. The van der Waals surface area contributed by atoms with Crippen molar-refractivity contribution in [3.8, 4) is 0 Å². The molecule has 1 aromatic rings. The van der Waals surface area contributed by atoms with E-state index in [0.717, 1.165) is 25.2 Å². The van der Waals surface area contributed by atoms with Crippen molar-refractivity contribution in [1.29, 1.82) is 0 Å². The van der Waals surface area contributed by atoms with Crippen LogP contribution in [0.4, 0.5) is 0 Å². The van der Waals surface area contributed by atoms with Gasteiger partial charge in [0.1, 0.15) is 0 Å². The van der Waals surface area contributed by atoms with Gasteiger partial charge < -0.3 is 10.3 Å². The van der Waals surface area contributed by atoms with E-state index in [4.69, 9.17) is 10.3 Å². The van der Waals surface area contributed by atoms with Crippen molar-refractivity contribution in [3.05, 3.63) is 11.7 Å². The summed E-state index contributed by atoms with van der Waals surface area (Å²) in [6, 6.07) is 0. The SMILES string of the molecule is CCC1CCCC(N)(c2noc(C(C)(C)C)n2)CC1. The molecule has 1 heterocycles. The average molecular weight is 265 g/mol. The monoisotopic (exact) mass is 265 g/mol. The molecule has 1 aromatic heterocycles. The molecule has 108 valence electrons. The zero-order chi connectivity index (χ0) is 14.1.